The Morgan fingerprint density at radius 2 is 1.73 bits per heavy atom. The highest BCUT2D eigenvalue weighted by Crippen LogP contribution is 2.53. The minimum atomic E-state index is -4.26. The van der Waals surface area contributed by atoms with E-state index >= 15 is 0 Å². The van der Waals surface area contributed by atoms with Gasteiger partial charge in [0.25, 0.3) is 5.69 Å². The molecule has 4 aromatic rings. The Bertz CT molecular complexity index is 2060. The van der Waals surface area contributed by atoms with Crippen molar-refractivity contribution in [1.29, 1.82) is 0 Å². The van der Waals surface area contributed by atoms with Gasteiger partial charge in [-0.15, -0.1) is 0 Å². The Morgan fingerprint density at radius 1 is 1.00 bits per heavy atom. The number of nitro groups is 1. The minimum absolute atomic E-state index is 0.0411. The van der Waals surface area contributed by atoms with E-state index in [1.807, 2.05) is 75.4 Å². The molecule has 3 heterocycles. The highest BCUT2D eigenvalue weighted by atomic mass is 32.2. The molecule has 1 amide bonds. The van der Waals surface area contributed by atoms with Gasteiger partial charge in [-0.25, -0.2) is 13.2 Å². The third-order valence-corrected chi connectivity index (χ3v) is 10.5. The molecule has 2 aliphatic heterocycles. The maximum Gasteiger partial charge on any atom is 0.415 e. The van der Waals surface area contributed by atoms with Gasteiger partial charge in [-0.3, -0.25) is 15.0 Å². The summed E-state index contributed by atoms with van der Waals surface area (Å²) in [7, 11) is -4.26. The number of hydrogen-bond acceptors (Lipinski definition) is 6. The van der Waals surface area contributed by atoms with E-state index in [4.69, 9.17) is 4.74 Å². The van der Waals surface area contributed by atoms with E-state index in [2.05, 4.69) is 11.1 Å². The van der Waals surface area contributed by atoms with E-state index in [0.29, 0.717) is 12.1 Å². The van der Waals surface area contributed by atoms with Crippen LogP contribution in [0.4, 0.5) is 16.2 Å². The number of nitro benzene ring substituents is 1. The summed E-state index contributed by atoms with van der Waals surface area (Å²) in [4.78, 5) is 29.9. The van der Waals surface area contributed by atoms with E-state index in [0.717, 1.165) is 38.8 Å². The van der Waals surface area contributed by atoms with Gasteiger partial charge in [-0.05, 0) is 50.5 Å². The molecule has 10 nitrogen and oxygen atoms in total. The third-order valence-electron chi connectivity index (χ3n) is 8.57. The molecular formula is C34H32N4O6S. The van der Waals surface area contributed by atoms with Gasteiger partial charge in [0.1, 0.15) is 5.60 Å². The Morgan fingerprint density at radius 3 is 2.51 bits per heavy atom. The van der Waals surface area contributed by atoms with Crippen LogP contribution >= 0.6 is 0 Å². The Hall–Kier alpha value is -4.74. The van der Waals surface area contributed by atoms with Gasteiger partial charge in [0, 0.05) is 46.3 Å². The molecule has 1 aliphatic carbocycles. The molecule has 0 fully saturated rings. The number of carbonyl (C=O) groups excluding carboxylic acids is 1. The average Bonchev–Trinajstić information content (AvgIpc) is 3.52. The molecule has 0 radical (unpaired) electrons. The molecular weight excluding hydrogens is 592 g/mol. The first-order valence-corrected chi connectivity index (χ1v) is 16.3. The predicted octanol–water partition coefficient (Wildman–Crippen LogP) is 6.82. The van der Waals surface area contributed by atoms with E-state index in [-0.39, 0.29) is 29.9 Å². The number of carbonyl (C=O) groups is 1. The summed E-state index contributed by atoms with van der Waals surface area (Å²) in [5, 5.41) is 12.7. The molecule has 45 heavy (non-hydrogen) atoms. The number of aromatic nitrogens is 1. The summed E-state index contributed by atoms with van der Waals surface area (Å²) in [6.07, 6.45) is 7.92. The van der Waals surface area contributed by atoms with Crippen molar-refractivity contribution in [3.8, 4) is 11.1 Å². The summed E-state index contributed by atoms with van der Waals surface area (Å²) in [5.41, 5.74) is 4.56. The quantitative estimate of drug-likeness (QED) is 0.197. The predicted molar refractivity (Wildman–Crippen MR) is 172 cm³/mol. The molecule has 230 valence electrons. The SMILES string of the molecule is CC(C)(C)OC(=O)N1c2c(ccc3c2-c2c([nH]c4ccccc24)CN(S(=O)(=O)c2ccccc2[N+](=O)[O-])CC3)C2C=CC=CC21. The molecule has 0 bridgehead atoms. The molecule has 11 heteroatoms. The lowest BCUT2D eigenvalue weighted by Gasteiger charge is -2.32. The molecule has 3 aromatic carbocycles. The maximum absolute atomic E-state index is 14.1. The molecule has 1 N–H and O–H groups in total. The summed E-state index contributed by atoms with van der Waals surface area (Å²) >= 11 is 0. The molecule has 2 atom stereocenters. The number of H-pyrrole nitrogens is 1. The fraction of sp³-hybridized carbons (Fsp3) is 0.265. The van der Waals surface area contributed by atoms with Gasteiger partial charge in [0.05, 0.1) is 23.2 Å². The van der Waals surface area contributed by atoms with Crippen LogP contribution in [0.3, 0.4) is 0 Å². The van der Waals surface area contributed by atoms with Crippen molar-refractivity contribution in [2.24, 2.45) is 0 Å². The van der Waals surface area contributed by atoms with Crippen molar-refractivity contribution in [3.05, 3.63) is 112 Å². The molecule has 0 saturated carbocycles. The van der Waals surface area contributed by atoms with Crippen LogP contribution in [0.15, 0.2) is 89.9 Å². The van der Waals surface area contributed by atoms with Crippen molar-refractivity contribution < 1.29 is 22.9 Å². The van der Waals surface area contributed by atoms with Crippen LogP contribution in [0, 0.1) is 10.1 Å². The highest BCUT2D eigenvalue weighted by molar-refractivity contribution is 7.89. The van der Waals surface area contributed by atoms with Crippen LogP contribution in [0.2, 0.25) is 0 Å². The standard InChI is InChI=1S/C34H32N4O6S/c1-34(2,3)44-33(39)37-27-13-7-5-10-22(27)23-17-16-21-18-19-36(45(42,43)29-15-9-8-14-28(29)38(40)41)20-26-31(30(21)32(23)37)24-11-4-6-12-25(24)35-26/h4-17,22,27,35H,18-20H2,1-3H3. The number of hydrogen-bond donors (Lipinski definition) is 1. The van der Waals surface area contributed by atoms with Gasteiger partial charge in [0.2, 0.25) is 10.0 Å². The van der Waals surface area contributed by atoms with Crippen LogP contribution in [-0.4, -0.2) is 46.9 Å². The van der Waals surface area contributed by atoms with E-state index in [9.17, 15) is 23.3 Å². The fourth-order valence-corrected chi connectivity index (χ4v) is 8.31. The van der Waals surface area contributed by atoms with Crippen molar-refractivity contribution >= 4 is 38.4 Å². The second-order valence-electron chi connectivity index (χ2n) is 12.5. The van der Waals surface area contributed by atoms with E-state index in [1.54, 1.807) is 4.90 Å². The number of ether oxygens (including phenoxy) is 1. The number of rotatable bonds is 3. The van der Waals surface area contributed by atoms with Crippen LogP contribution in [0.25, 0.3) is 22.0 Å². The zero-order chi connectivity index (χ0) is 31.7. The average molecular weight is 625 g/mol. The molecule has 3 aliphatic rings. The van der Waals surface area contributed by atoms with E-state index in [1.165, 1.54) is 28.6 Å². The topological polar surface area (TPSA) is 126 Å². The summed E-state index contributed by atoms with van der Waals surface area (Å²) in [6.45, 7) is 5.56. The number of nitrogens with zero attached hydrogens (tertiary/aromatic N) is 3. The maximum atomic E-state index is 14.1. The second-order valence-corrected chi connectivity index (χ2v) is 14.4. The van der Waals surface area contributed by atoms with Crippen LogP contribution in [-0.2, 0) is 27.7 Å². The normalized spacial score (nSPS) is 19.3. The van der Waals surface area contributed by atoms with Crippen molar-refractivity contribution in [2.75, 3.05) is 11.4 Å². The number of nitrogens with one attached hydrogen (secondary N) is 1. The largest absolute Gasteiger partial charge is 0.443 e. The lowest BCUT2D eigenvalue weighted by Crippen LogP contribution is -2.42. The summed E-state index contributed by atoms with van der Waals surface area (Å²) in [6, 6.07) is 16.9. The van der Waals surface area contributed by atoms with E-state index < -0.39 is 32.3 Å². The first-order valence-electron chi connectivity index (χ1n) is 14.8. The van der Waals surface area contributed by atoms with Gasteiger partial charge in [-0.2, -0.15) is 4.31 Å². The van der Waals surface area contributed by atoms with Gasteiger partial charge in [0.15, 0.2) is 4.90 Å². The molecule has 7 rings (SSSR count). The number of benzene rings is 3. The van der Waals surface area contributed by atoms with Gasteiger partial charge in [-0.1, -0.05) is 66.8 Å². The van der Waals surface area contributed by atoms with Gasteiger partial charge >= 0.3 is 6.09 Å². The number of sulfonamides is 1. The van der Waals surface area contributed by atoms with Crippen molar-refractivity contribution in [2.45, 2.75) is 56.2 Å². The first-order chi connectivity index (χ1) is 21.5. The zero-order valence-electron chi connectivity index (χ0n) is 25.1. The highest BCUT2D eigenvalue weighted by Gasteiger charge is 2.45. The minimum Gasteiger partial charge on any atom is -0.443 e. The van der Waals surface area contributed by atoms with Crippen LogP contribution in [0.1, 0.15) is 43.5 Å². The number of para-hydroxylation sites is 2. The van der Waals surface area contributed by atoms with Crippen molar-refractivity contribution in [1.82, 2.24) is 9.29 Å². The third kappa shape index (κ3) is 4.74. The number of amides is 1. The lowest BCUT2D eigenvalue weighted by atomic mass is 9.86. The second kappa shape index (κ2) is 10.4. The summed E-state index contributed by atoms with van der Waals surface area (Å²) in [5.74, 6) is -0.0718. The lowest BCUT2D eigenvalue weighted by molar-refractivity contribution is -0.387. The molecule has 0 saturated heterocycles. The first kappa shape index (κ1) is 29.0. The summed E-state index contributed by atoms with van der Waals surface area (Å²) < 4.78 is 35.4. The molecule has 1 aromatic heterocycles. The number of fused-ring (bicyclic) bond motifs is 9. The smallest absolute Gasteiger partial charge is 0.415 e. The zero-order valence-corrected chi connectivity index (χ0v) is 25.9. The Balaban J connectivity index is 1.45. The Kier molecular flexibility index (Phi) is 6.72. The fourth-order valence-electron chi connectivity index (χ4n) is 6.74. The van der Waals surface area contributed by atoms with Crippen molar-refractivity contribution in [3.63, 3.8) is 0 Å². The van der Waals surface area contributed by atoms with Crippen LogP contribution in [0.5, 0.6) is 0 Å². The number of aromatic amines is 1. The van der Waals surface area contributed by atoms with Gasteiger partial charge < -0.3 is 9.72 Å². The molecule has 0 spiro atoms. The number of anilines is 1. The monoisotopic (exact) mass is 624 g/mol. The Labute approximate surface area is 260 Å². The van der Waals surface area contributed by atoms with Crippen LogP contribution < -0.4 is 4.90 Å². The number of allylic oxidation sites excluding steroid dienone is 2. The molecule has 2 unspecified atom stereocenters.